The van der Waals surface area contributed by atoms with Gasteiger partial charge in [-0.15, -0.1) is 0 Å². The van der Waals surface area contributed by atoms with Crippen LogP contribution in [0.3, 0.4) is 0 Å². The molecule has 1 aromatic rings. The highest BCUT2D eigenvalue weighted by Gasteiger charge is 2.46. The number of aromatic nitrogens is 3. The number of piperidine rings is 5. The van der Waals surface area contributed by atoms with Crippen molar-refractivity contribution in [2.75, 3.05) is 47.9 Å². The van der Waals surface area contributed by atoms with Gasteiger partial charge in [-0.25, -0.2) is 0 Å². The Morgan fingerprint density at radius 3 is 0.800 bits per heavy atom. The Balaban J connectivity index is 1.32. The standard InChI is InChI=1S/C65H123N13O2/c1-46(79)75(49-38-58(7,8)70-59(9,10)39-49)32-28-24-26-30-34-77(51-42-62(15,16)72-63(17,18)43-51)54-66-53(74(23)48-36-56(3,4)69-57(5,6)37-48)67-55(68-54)78(52-44-64(19,20)73-65(21,22)45-52)35-31-27-25-29-33-76(47(2)80)50-40-60(11,12)71-61(13,14)41-50/h48-52,69-73H,24-45H2,1-23H3. The topological polar surface area (TPSA) is 149 Å². The van der Waals surface area contributed by atoms with Gasteiger partial charge in [0.15, 0.2) is 0 Å². The van der Waals surface area contributed by atoms with Crippen molar-refractivity contribution >= 4 is 29.7 Å². The van der Waals surface area contributed by atoms with Crippen LogP contribution < -0.4 is 41.3 Å². The number of hydrogen-bond donors (Lipinski definition) is 5. The first-order chi connectivity index (χ1) is 36.5. The molecule has 0 unspecified atom stereocenters. The van der Waals surface area contributed by atoms with Crippen molar-refractivity contribution < 1.29 is 9.59 Å². The summed E-state index contributed by atoms with van der Waals surface area (Å²) in [6.07, 6.45) is 18.0. The molecule has 6 heterocycles. The zero-order valence-corrected chi connectivity index (χ0v) is 55.8. The fourth-order valence-corrected chi connectivity index (χ4v) is 17.3. The van der Waals surface area contributed by atoms with Crippen molar-refractivity contribution in [3.05, 3.63) is 0 Å². The second kappa shape index (κ2) is 24.6. The summed E-state index contributed by atoms with van der Waals surface area (Å²) in [5, 5.41) is 19.6. The summed E-state index contributed by atoms with van der Waals surface area (Å²) < 4.78 is 0. The van der Waals surface area contributed by atoms with Crippen molar-refractivity contribution in [3.63, 3.8) is 0 Å². The van der Waals surface area contributed by atoms with Gasteiger partial charge in [-0.2, -0.15) is 15.0 Å². The van der Waals surface area contributed by atoms with Crippen LogP contribution in [0, 0.1) is 0 Å². The smallest absolute Gasteiger partial charge is 0.232 e. The van der Waals surface area contributed by atoms with E-state index in [1.165, 1.54) is 0 Å². The maximum atomic E-state index is 13.3. The molecule has 80 heavy (non-hydrogen) atoms. The summed E-state index contributed by atoms with van der Waals surface area (Å²) in [5.41, 5.74) is -0.525. The third-order valence-electron chi connectivity index (χ3n) is 18.5. The van der Waals surface area contributed by atoms with E-state index in [1.54, 1.807) is 13.8 Å². The lowest BCUT2D eigenvalue weighted by Crippen LogP contribution is -2.63. The monoisotopic (exact) mass is 1120 g/mol. The lowest BCUT2D eigenvalue weighted by molar-refractivity contribution is -0.134. The highest BCUT2D eigenvalue weighted by molar-refractivity contribution is 5.74. The second-order valence-corrected chi connectivity index (χ2v) is 33.3. The van der Waals surface area contributed by atoms with Crippen LogP contribution in [0.4, 0.5) is 17.8 Å². The van der Waals surface area contributed by atoms with Crippen LogP contribution >= 0.6 is 0 Å². The largest absolute Gasteiger partial charge is 0.341 e. The first-order valence-corrected chi connectivity index (χ1v) is 32.0. The van der Waals surface area contributed by atoms with Gasteiger partial charge < -0.3 is 51.1 Å². The predicted molar refractivity (Wildman–Crippen MR) is 336 cm³/mol. The van der Waals surface area contributed by atoms with E-state index in [2.05, 4.69) is 197 Å². The molecule has 5 aliphatic rings. The molecule has 6 rings (SSSR count). The Bertz CT molecular complexity index is 2020. The molecule has 1 aromatic heterocycles. The van der Waals surface area contributed by atoms with Crippen LogP contribution in [0.25, 0.3) is 0 Å². The molecule has 2 amide bonds. The number of amides is 2. The van der Waals surface area contributed by atoms with E-state index in [0.717, 1.165) is 160 Å². The van der Waals surface area contributed by atoms with Gasteiger partial charge in [-0.05, 0) is 228 Å². The van der Waals surface area contributed by atoms with Crippen LogP contribution in [0.15, 0.2) is 0 Å². The van der Waals surface area contributed by atoms with E-state index in [9.17, 15) is 9.59 Å². The summed E-state index contributed by atoms with van der Waals surface area (Å²) in [5.74, 6) is 2.75. The molecule has 0 aromatic carbocycles. The zero-order valence-electron chi connectivity index (χ0n) is 55.8. The van der Waals surface area contributed by atoms with Gasteiger partial charge in [0.1, 0.15) is 0 Å². The van der Waals surface area contributed by atoms with Gasteiger partial charge >= 0.3 is 0 Å². The minimum atomic E-state index is -0.0825. The fraction of sp³-hybridized carbons (Fsp3) is 0.923. The van der Waals surface area contributed by atoms with E-state index in [0.29, 0.717) is 0 Å². The van der Waals surface area contributed by atoms with Crippen molar-refractivity contribution in [1.29, 1.82) is 0 Å². The van der Waals surface area contributed by atoms with E-state index >= 15 is 0 Å². The van der Waals surface area contributed by atoms with Crippen LogP contribution in [-0.2, 0) is 9.59 Å². The number of carbonyl (C=O) groups is 2. The average molecular weight is 1120 g/mol. The highest BCUT2D eigenvalue weighted by Crippen LogP contribution is 2.40. The molecule has 460 valence electrons. The first kappa shape index (κ1) is 66.3. The second-order valence-electron chi connectivity index (χ2n) is 33.3. The number of nitrogens with zero attached hydrogens (tertiary/aromatic N) is 8. The van der Waals surface area contributed by atoms with Crippen LogP contribution in [0.5, 0.6) is 0 Å². The lowest BCUT2D eigenvalue weighted by atomic mass is 9.79. The number of nitrogens with one attached hydrogen (secondary N) is 5. The van der Waals surface area contributed by atoms with E-state index in [-0.39, 0.29) is 97.4 Å². The van der Waals surface area contributed by atoms with Gasteiger partial charge in [0.25, 0.3) is 0 Å². The fourth-order valence-electron chi connectivity index (χ4n) is 17.3. The number of unbranched alkanes of at least 4 members (excludes halogenated alkanes) is 6. The number of anilines is 3. The number of rotatable bonds is 22. The van der Waals surface area contributed by atoms with Crippen molar-refractivity contribution in [1.82, 2.24) is 51.3 Å². The predicted octanol–water partition coefficient (Wildman–Crippen LogP) is 11.3. The molecular formula is C65H123N13O2. The molecule has 5 N–H and O–H groups in total. The maximum Gasteiger partial charge on any atom is 0.232 e. The van der Waals surface area contributed by atoms with E-state index in [1.807, 2.05) is 0 Å². The summed E-state index contributed by atoms with van der Waals surface area (Å²) >= 11 is 0. The SMILES string of the molecule is CC(=O)N(CCCCCCN(c1nc(N(C)C2CC(C)(C)NC(C)(C)C2)nc(N(CCCCCCN(C(C)=O)C2CC(C)(C)NC(C)(C)C2)C2CC(C)(C)NC(C)(C)C2)n1)C1CC(C)(C)NC(C)(C)C1)C1CC(C)(C)NC(C)(C)C1. The average Bonchev–Trinajstić information content (AvgIpc) is 3.22. The molecule has 0 atom stereocenters. The van der Waals surface area contributed by atoms with Crippen LogP contribution in [-0.4, -0.2) is 155 Å². The molecule has 0 aliphatic carbocycles. The Labute approximate surface area is 490 Å². The summed E-state index contributed by atoms with van der Waals surface area (Å²) in [4.78, 5) is 55.6. The molecule has 15 nitrogen and oxygen atoms in total. The van der Waals surface area contributed by atoms with Gasteiger partial charge in [-0.1, -0.05) is 25.7 Å². The quantitative estimate of drug-likeness (QED) is 0.0702. The van der Waals surface area contributed by atoms with E-state index in [4.69, 9.17) is 15.0 Å². The minimum absolute atomic E-state index is 0.0212. The highest BCUT2D eigenvalue weighted by atomic mass is 16.2. The molecule has 0 saturated carbocycles. The van der Waals surface area contributed by atoms with Gasteiger partial charge in [0.05, 0.1) is 0 Å². The molecule has 5 fully saturated rings. The summed E-state index contributed by atoms with van der Waals surface area (Å²) in [6.45, 7) is 53.3. The van der Waals surface area contributed by atoms with Crippen molar-refractivity contribution in [2.24, 2.45) is 0 Å². The summed E-state index contributed by atoms with van der Waals surface area (Å²) in [7, 11) is 2.24. The molecule has 0 spiro atoms. The third kappa shape index (κ3) is 19.1. The maximum absolute atomic E-state index is 13.3. The van der Waals surface area contributed by atoms with Crippen molar-refractivity contribution in [3.8, 4) is 0 Å². The van der Waals surface area contributed by atoms with Gasteiger partial charge in [0, 0.05) is 133 Å². The van der Waals surface area contributed by atoms with Crippen LogP contribution in [0.2, 0.25) is 0 Å². The number of carbonyl (C=O) groups excluding carboxylic acids is 2. The Morgan fingerprint density at radius 1 is 0.338 bits per heavy atom. The van der Waals surface area contributed by atoms with Gasteiger partial charge in [-0.3, -0.25) is 9.59 Å². The number of hydrogen-bond acceptors (Lipinski definition) is 13. The molecule has 0 bridgehead atoms. The molecule has 5 saturated heterocycles. The zero-order chi connectivity index (χ0) is 59.9. The Kier molecular flexibility index (Phi) is 20.4. The van der Waals surface area contributed by atoms with Gasteiger partial charge in [0.2, 0.25) is 29.7 Å². The molecule has 0 radical (unpaired) electrons. The Morgan fingerprint density at radius 2 is 0.550 bits per heavy atom. The van der Waals surface area contributed by atoms with E-state index < -0.39 is 0 Å². The lowest BCUT2D eigenvalue weighted by Gasteiger charge is -2.51. The van der Waals surface area contributed by atoms with Crippen molar-refractivity contribution in [2.45, 2.75) is 353 Å². The van der Waals surface area contributed by atoms with Crippen LogP contribution in [0.1, 0.15) is 268 Å². The molecule has 5 aliphatic heterocycles. The first-order valence-electron chi connectivity index (χ1n) is 32.0. The molecule has 15 heteroatoms. The minimum Gasteiger partial charge on any atom is -0.341 e. The third-order valence-corrected chi connectivity index (χ3v) is 18.5. The Hall–Kier alpha value is -2.85. The normalized spacial score (nSPS) is 25.1. The molecular weight excluding hydrogens is 995 g/mol. The summed E-state index contributed by atoms with van der Waals surface area (Å²) in [6, 6.07) is 1.14.